The number of carbonyl (C=O) groups excluding carboxylic acids is 1. The maximum atomic E-state index is 12.0. The first-order valence-electron chi connectivity index (χ1n) is 5.39. The third kappa shape index (κ3) is 3.23. The van der Waals surface area contributed by atoms with Crippen molar-refractivity contribution in [1.82, 2.24) is 4.98 Å². The Morgan fingerprint density at radius 3 is 2.89 bits per heavy atom. The average Bonchev–Trinajstić information content (AvgIpc) is 2.38. The molecule has 1 aromatic heterocycles. The molecule has 0 spiro atoms. The van der Waals surface area contributed by atoms with Gasteiger partial charge in [0, 0.05) is 22.4 Å². The predicted octanol–water partition coefficient (Wildman–Crippen LogP) is 2.81. The highest BCUT2D eigenvalue weighted by atomic mass is 79.9. The van der Waals surface area contributed by atoms with Crippen molar-refractivity contribution in [1.29, 1.82) is 0 Å². The molecule has 0 aliphatic carbocycles. The SMILES string of the molecule is COc1cc(Br)cc(NC(=O)c2ccncc2O)c1. The van der Waals surface area contributed by atoms with Crippen LogP contribution < -0.4 is 10.1 Å². The lowest BCUT2D eigenvalue weighted by atomic mass is 10.2. The summed E-state index contributed by atoms with van der Waals surface area (Å²) < 4.78 is 5.88. The summed E-state index contributed by atoms with van der Waals surface area (Å²) in [6, 6.07) is 6.64. The maximum Gasteiger partial charge on any atom is 0.259 e. The average molecular weight is 323 g/mol. The van der Waals surface area contributed by atoms with Crippen molar-refractivity contribution < 1.29 is 14.6 Å². The highest BCUT2D eigenvalue weighted by molar-refractivity contribution is 9.10. The number of hydrogen-bond acceptors (Lipinski definition) is 4. The Morgan fingerprint density at radius 2 is 2.21 bits per heavy atom. The molecule has 0 atom stereocenters. The number of aromatic nitrogens is 1. The molecule has 6 heteroatoms. The molecule has 2 N–H and O–H groups in total. The van der Waals surface area contributed by atoms with Crippen LogP contribution >= 0.6 is 15.9 Å². The van der Waals surface area contributed by atoms with Crippen LogP contribution in [-0.2, 0) is 0 Å². The third-order valence-corrected chi connectivity index (χ3v) is 2.87. The first-order valence-corrected chi connectivity index (χ1v) is 6.18. The molecule has 1 aromatic carbocycles. The normalized spacial score (nSPS) is 10.0. The van der Waals surface area contributed by atoms with Crippen molar-refractivity contribution in [3.8, 4) is 11.5 Å². The Balaban J connectivity index is 2.24. The molecule has 2 aromatic rings. The quantitative estimate of drug-likeness (QED) is 0.911. The smallest absolute Gasteiger partial charge is 0.259 e. The molecule has 0 unspecified atom stereocenters. The lowest BCUT2D eigenvalue weighted by molar-refractivity contribution is 0.102. The van der Waals surface area contributed by atoms with Crippen molar-refractivity contribution in [3.05, 3.63) is 46.7 Å². The summed E-state index contributed by atoms with van der Waals surface area (Å²) >= 11 is 3.32. The van der Waals surface area contributed by atoms with E-state index in [1.165, 1.54) is 18.5 Å². The van der Waals surface area contributed by atoms with Crippen LogP contribution in [0.3, 0.4) is 0 Å². The number of halogens is 1. The molecule has 19 heavy (non-hydrogen) atoms. The van der Waals surface area contributed by atoms with Crippen LogP contribution in [-0.4, -0.2) is 23.1 Å². The van der Waals surface area contributed by atoms with E-state index in [1.54, 1.807) is 25.3 Å². The molecule has 0 fully saturated rings. The number of hydrogen-bond donors (Lipinski definition) is 2. The lowest BCUT2D eigenvalue weighted by Crippen LogP contribution is -2.12. The van der Waals surface area contributed by atoms with Gasteiger partial charge in [0.2, 0.25) is 0 Å². The number of benzene rings is 1. The first kappa shape index (κ1) is 13.4. The van der Waals surface area contributed by atoms with Gasteiger partial charge in [-0.2, -0.15) is 0 Å². The molecule has 0 saturated heterocycles. The van der Waals surface area contributed by atoms with Crippen LogP contribution in [0.5, 0.6) is 11.5 Å². The molecule has 0 aliphatic heterocycles. The highest BCUT2D eigenvalue weighted by Gasteiger charge is 2.11. The van der Waals surface area contributed by atoms with Crippen LogP contribution in [0.2, 0.25) is 0 Å². The van der Waals surface area contributed by atoms with Gasteiger partial charge >= 0.3 is 0 Å². The molecule has 0 saturated carbocycles. The van der Waals surface area contributed by atoms with Gasteiger partial charge in [-0.1, -0.05) is 15.9 Å². The van der Waals surface area contributed by atoms with Gasteiger partial charge in [-0.3, -0.25) is 9.78 Å². The van der Waals surface area contributed by atoms with Gasteiger partial charge in [-0.05, 0) is 18.2 Å². The summed E-state index contributed by atoms with van der Waals surface area (Å²) in [6.07, 6.45) is 2.66. The van der Waals surface area contributed by atoms with Crippen molar-refractivity contribution in [2.75, 3.05) is 12.4 Å². The monoisotopic (exact) mass is 322 g/mol. The molecule has 0 aliphatic rings. The van der Waals surface area contributed by atoms with E-state index in [-0.39, 0.29) is 11.3 Å². The molecular formula is C13H11BrN2O3. The van der Waals surface area contributed by atoms with Crippen molar-refractivity contribution in [2.24, 2.45) is 0 Å². The number of carbonyl (C=O) groups is 1. The zero-order valence-electron chi connectivity index (χ0n) is 10.1. The molecule has 2 rings (SSSR count). The summed E-state index contributed by atoms with van der Waals surface area (Å²) in [4.78, 5) is 15.7. The summed E-state index contributed by atoms with van der Waals surface area (Å²) in [5.74, 6) is 0.0330. The minimum Gasteiger partial charge on any atom is -0.505 e. The molecule has 1 heterocycles. The third-order valence-electron chi connectivity index (χ3n) is 2.41. The minimum absolute atomic E-state index is 0.161. The standard InChI is InChI=1S/C13H11BrN2O3/c1-19-10-5-8(14)4-9(6-10)16-13(18)11-2-3-15-7-12(11)17/h2-7,17H,1H3,(H,16,18). The fraction of sp³-hybridized carbons (Fsp3) is 0.0769. The van der Waals surface area contributed by atoms with Gasteiger partial charge in [0.25, 0.3) is 5.91 Å². The summed E-state index contributed by atoms with van der Waals surface area (Å²) in [6.45, 7) is 0. The number of nitrogens with one attached hydrogen (secondary N) is 1. The van der Waals surface area contributed by atoms with E-state index in [4.69, 9.17) is 4.74 Å². The molecule has 0 radical (unpaired) electrons. The van der Waals surface area contributed by atoms with E-state index in [1.807, 2.05) is 0 Å². The van der Waals surface area contributed by atoms with E-state index >= 15 is 0 Å². The second kappa shape index (κ2) is 5.71. The van der Waals surface area contributed by atoms with Crippen molar-refractivity contribution in [3.63, 3.8) is 0 Å². The second-order valence-corrected chi connectivity index (χ2v) is 4.64. The van der Waals surface area contributed by atoms with Crippen molar-refractivity contribution >= 4 is 27.5 Å². The highest BCUT2D eigenvalue weighted by Crippen LogP contribution is 2.25. The van der Waals surface area contributed by atoms with E-state index in [2.05, 4.69) is 26.2 Å². The van der Waals surface area contributed by atoms with E-state index in [0.717, 1.165) is 4.47 Å². The van der Waals surface area contributed by atoms with Crippen LogP contribution in [0.15, 0.2) is 41.1 Å². The number of pyridine rings is 1. The Morgan fingerprint density at radius 1 is 1.42 bits per heavy atom. The van der Waals surface area contributed by atoms with Gasteiger partial charge in [0.1, 0.15) is 11.5 Å². The van der Waals surface area contributed by atoms with Gasteiger partial charge < -0.3 is 15.2 Å². The van der Waals surface area contributed by atoms with Crippen LogP contribution in [0.1, 0.15) is 10.4 Å². The van der Waals surface area contributed by atoms with Gasteiger partial charge in [-0.25, -0.2) is 0 Å². The van der Waals surface area contributed by atoms with Gasteiger partial charge in [0.05, 0.1) is 18.9 Å². The topological polar surface area (TPSA) is 71.5 Å². The van der Waals surface area contributed by atoms with Crippen LogP contribution in [0.4, 0.5) is 5.69 Å². The number of aromatic hydroxyl groups is 1. The second-order valence-electron chi connectivity index (χ2n) is 3.73. The summed E-state index contributed by atoms with van der Waals surface area (Å²) in [5, 5.41) is 12.2. The molecule has 98 valence electrons. The Labute approximate surface area is 118 Å². The van der Waals surface area contributed by atoms with Gasteiger partial charge in [-0.15, -0.1) is 0 Å². The van der Waals surface area contributed by atoms with Gasteiger partial charge in [0.15, 0.2) is 0 Å². The Hall–Kier alpha value is -2.08. The Bertz CT molecular complexity index is 617. The van der Waals surface area contributed by atoms with E-state index in [9.17, 15) is 9.90 Å². The number of amides is 1. The van der Waals surface area contributed by atoms with E-state index < -0.39 is 5.91 Å². The molecular weight excluding hydrogens is 312 g/mol. The number of methoxy groups -OCH3 is 1. The molecule has 1 amide bonds. The summed E-state index contributed by atoms with van der Waals surface area (Å²) in [7, 11) is 1.54. The number of nitrogens with zero attached hydrogens (tertiary/aromatic N) is 1. The number of rotatable bonds is 3. The maximum absolute atomic E-state index is 12.0. The van der Waals surface area contributed by atoms with E-state index in [0.29, 0.717) is 11.4 Å². The van der Waals surface area contributed by atoms with Crippen LogP contribution in [0, 0.1) is 0 Å². The predicted molar refractivity (Wildman–Crippen MR) is 74.5 cm³/mol. The van der Waals surface area contributed by atoms with Crippen LogP contribution in [0.25, 0.3) is 0 Å². The first-order chi connectivity index (χ1) is 9.10. The molecule has 5 nitrogen and oxygen atoms in total. The lowest BCUT2D eigenvalue weighted by Gasteiger charge is -2.08. The van der Waals surface area contributed by atoms with Crippen molar-refractivity contribution in [2.45, 2.75) is 0 Å². The summed E-state index contributed by atoms with van der Waals surface area (Å²) in [5.41, 5.74) is 0.723. The number of anilines is 1. The molecule has 0 bridgehead atoms. The minimum atomic E-state index is -0.417. The largest absolute Gasteiger partial charge is 0.505 e. The number of ether oxygens (including phenoxy) is 1. The fourth-order valence-electron chi connectivity index (χ4n) is 1.53. The Kier molecular flexibility index (Phi) is 4.01. The zero-order chi connectivity index (χ0) is 13.8. The zero-order valence-corrected chi connectivity index (χ0v) is 11.6. The fourth-order valence-corrected chi connectivity index (χ4v) is 2.00.